The molecular formula is C6H9BrClNSSi. The van der Waals surface area contributed by atoms with Gasteiger partial charge in [-0.25, -0.2) is 4.98 Å². The van der Waals surface area contributed by atoms with Gasteiger partial charge >= 0.3 is 0 Å². The van der Waals surface area contributed by atoms with Gasteiger partial charge < -0.3 is 0 Å². The lowest BCUT2D eigenvalue weighted by Crippen LogP contribution is -2.35. The molecule has 0 aliphatic rings. The molecule has 0 aromatic carbocycles. The first-order valence-electron chi connectivity index (χ1n) is 3.23. The Morgan fingerprint density at radius 1 is 1.45 bits per heavy atom. The summed E-state index contributed by atoms with van der Waals surface area (Å²) in [4.78, 5) is 4.11. The van der Waals surface area contributed by atoms with Crippen molar-refractivity contribution in [1.82, 2.24) is 4.98 Å². The summed E-state index contributed by atoms with van der Waals surface area (Å²) in [5, 5.41) is 0.682. The Labute approximate surface area is 84.9 Å². The van der Waals surface area contributed by atoms with Crippen LogP contribution in [0, 0.1) is 0 Å². The molecule has 0 aliphatic heterocycles. The molecule has 11 heavy (non-hydrogen) atoms. The second-order valence-corrected chi connectivity index (χ2v) is 11.3. The van der Waals surface area contributed by atoms with Crippen molar-refractivity contribution >= 4 is 51.4 Å². The third-order valence-electron chi connectivity index (χ3n) is 1.24. The molecule has 1 aromatic heterocycles. The van der Waals surface area contributed by atoms with E-state index in [0.29, 0.717) is 5.15 Å². The predicted molar refractivity (Wildman–Crippen MR) is 57.8 cm³/mol. The van der Waals surface area contributed by atoms with E-state index in [-0.39, 0.29) is 0 Å². The van der Waals surface area contributed by atoms with Crippen LogP contribution in [0.3, 0.4) is 0 Å². The fourth-order valence-corrected chi connectivity index (χ4v) is 5.68. The summed E-state index contributed by atoms with van der Waals surface area (Å²) in [5.41, 5.74) is 0. The second kappa shape index (κ2) is 3.16. The molecule has 0 aliphatic carbocycles. The minimum Gasteiger partial charge on any atom is -0.218 e. The first-order valence-corrected chi connectivity index (χ1v) is 8.72. The molecule has 1 aromatic rings. The summed E-state index contributed by atoms with van der Waals surface area (Å²) >= 11 is 10.9. The highest BCUT2D eigenvalue weighted by Gasteiger charge is 2.23. The van der Waals surface area contributed by atoms with Crippen molar-refractivity contribution < 1.29 is 0 Å². The molecule has 0 unspecified atom stereocenters. The van der Waals surface area contributed by atoms with Gasteiger partial charge in [0.15, 0.2) is 3.92 Å². The van der Waals surface area contributed by atoms with Crippen molar-refractivity contribution in [2.75, 3.05) is 0 Å². The van der Waals surface area contributed by atoms with E-state index >= 15 is 0 Å². The van der Waals surface area contributed by atoms with Gasteiger partial charge in [0, 0.05) is 4.50 Å². The van der Waals surface area contributed by atoms with E-state index in [4.69, 9.17) is 11.6 Å². The van der Waals surface area contributed by atoms with Crippen LogP contribution in [0.5, 0.6) is 0 Å². The molecule has 0 atom stereocenters. The molecule has 0 amide bonds. The average molecular weight is 271 g/mol. The summed E-state index contributed by atoms with van der Waals surface area (Å²) in [6.07, 6.45) is 0. The second-order valence-electron chi connectivity index (χ2n) is 3.34. The molecule has 1 rings (SSSR count). The Bertz CT molecular complexity index is 268. The zero-order valence-electron chi connectivity index (χ0n) is 6.61. The van der Waals surface area contributed by atoms with Gasteiger partial charge in [0.05, 0.1) is 8.07 Å². The van der Waals surface area contributed by atoms with Crippen molar-refractivity contribution in [3.63, 3.8) is 0 Å². The Hall–Kier alpha value is 0.617. The van der Waals surface area contributed by atoms with E-state index in [1.165, 1.54) is 4.50 Å². The molecule has 0 N–H and O–H groups in total. The van der Waals surface area contributed by atoms with Crippen LogP contribution in [0.25, 0.3) is 0 Å². The monoisotopic (exact) mass is 269 g/mol. The smallest absolute Gasteiger partial charge is 0.160 e. The van der Waals surface area contributed by atoms with Crippen molar-refractivity contribution in [1.29, 1.82) is 0 Å². The fraction of sp³-hybridized carbons (Fsp3) is 0.500. The van der Waals surface area contributed by atoms with Crippen LogP contribution in [-0.4, -0.2) is 13.1 Å². The standard InChI is InChI=1S/C6H9BrClNSSi/c1-11(2,3)5-4(8)9-6(7)10-5/h1-3H3. The summed E-state index contributed by atoms with van der Waals surface area (Å²) in [6.45, 7) is 6.79. The van der Waals surface area contributed by atoms with E-state index < -0.39 is 8.07 Å². The van der Waals surface area contributed by atoms with Crippen LogP contribution >= 0.6 is 38.9 Å². The van der Waals surface area contributed by atoms with Gasteiger partial charge in [-0.3, -0.25) is 0 Å². The van der Waals surface area contributed by atoms with Gasteiger partial charge in [-0.15, -0.1) is 11.3 Å². The molecule has 0 bridgehead atoms. The van der Waals surface area contributed by atoms with Crippen molar-refractivity contribution in [2.24, 2.45) is 0 Å². The number of thiazole rings is 1. The highest BCUT2D eigenvalue weighted by molar-refractivity contribution is 9.11. The Kier molecular flexibility index (Phi) is 2.79. The van der Waals surface area contributed by atoms with E-state index in [0.717, 1.165) is 3.92 Å². The largest absolute Gasteiger partial charge is 0.218 e. The van der Waals surface area contributed by atoms with Gasteiger partial charge in [-0.05, 0) is 15.9 Å². The van der Waals surface area contributed by atoms with Crippen LogP contribution in [-0.2, 0) is 0 Å². The quantitative estimate of drug-likeness (QED) is 0.715. The first-order chi connectivity index (χ1) is 4.91. The minimum atomic E-state index is -1.26. The van der Waals surface area contributed by atoms with Crippen LogP contribution in [0.1, 0.15) is 0 Å². The molecule has 62 valence electrons. The van der Waals surface area contributed by atoms with Crippen LogP contribution in [0.2, 0.25) is 24.8 Å². The Morgan fingerprint density at radius 2 is 2.00 bits per heavy atom. The average Bonchev–Trinajstić information content (AvgIpc) is 2.08. The Morgan fingerprint density at radius 3 is 2.18 bits per heavy atom. The number of rotatable bonds is 1. The number of halogens is 2. The fourth-order valence-electron chi connectivity index (χ4n) is 0.740. The van der Waals surface area contributed by atoms with Gasteiger partial charge in [-0.1, -0.05) is 31.2 Å². The molecule has 0 spiro atoms. The van der Waals surface area contributed by atoms with Gasteiger partial charge in [-0.2, -0.15) is 0 Å². The number of aromatic nitrogens is 1. The Balaban J connectivity index is 3.13. The van der Waals surface area contributed by atoms with Crippen LogP contribution in [0.4, 0.5) is 0 Å². The molecular weight excluding hydrogens is 262 g/mol. The van der Waals surface area contributed by atoms with E-state index in [2.05, 4.69) is 40.6 Å². The molecule has 0 saturated carbocycles. The molecule has 0 saturated heterocycles. The van der Waals surface area contributed by atoms with E-state index in [9.17, 15) is 0 Å². The van der Waals surface area contributed by atoms with Crippen molar-refractivity contribution in [2.45, 2.75) is 19.6 Å². The first kappa shape index (κ1) is 9.70. The van der Waals surface area contributed by atoms with E-state index in [1.807, 2.05) is 0 Å². The topological polar surface area (TPSA) is 12.9 Å². The molecule has 5 heteroatoms. The van der Waals surface area contributed by atoms with Gasteiger partial charge in [0.25, 0.3) is 0 Å². The lowest BCUT2D eigenvalue weighted by molar-refractivity contribution is 1.38. The van der Waals surface area contributed by atoms with E-state index in [1.54, 1.807) is 11.3 Å². The van der Waals surface area contributed by atoms with Crippen molar-refractivity contribution in [3.05, 3.63) is 9.07 Å². The molecule has 0 fully saturated rings. The van der Waals surface area contributed by atoms with Crippen LogP contribution in [0.15, 0.2) is 3.92 Å². The number of nitrogens with zero attached hydrogens (tertiary/aromatic N) is 1. The summed E-state index contributed by atoms with van der Waals surface area (Å²) < 4.78 is 2.16. The zero-order chi connectivity index (χ0) is 8.65. The number of hydrogen-bond acceptors (Lipinski definition) is 2. The third kappa shape index (κ3) is 2.27. The highest BCUT2D eigenvalue weighted by Crippen LogP contribution is 2.21. The predicted octanol–water partition coefficient (Wildman–Crippen LogP) is 3.10. The number of hydrogen-bond donors (Lipinski definition) is 0. The molecule has 1 heterocycles. The summed E-state index contributed by atoms with van der Waals surface area (Å²) in [7, 11) is -1.26. The van der Waals surface area contributed by atoms with Crippen molar-refractivity contribution in [3.8, 4) is 0 Å². The van der Waals surface area contributed by atoms with Gasteiger partial charge in [0.2, 0.25) is 0 Å². The summed E-state index contributed by atoms with van der Waals surface area (Å²) in [6, 6.07) is 0. The lowest BCUT2D eigenvalue weighted by atomic mass is 11.0. The minimum absolute atomic E-state index is 0.682. The van der Waals surface area contributed by atoms with Crippen LogP contribution < -0.4 is 4.50 Å². The maximum atomic E-state index is 5.93. The zero-order valence-corrected chi connectivity index (χ0v) is 10.8. The molecule has 1 nitrogen and oxygen atoms in total. The lowest BCUT2D eigenvalue weighted by Gasteiger charge is -2.12. The molecule has 0 radical (unpaired) electrons. The van der Waals surface area contributed by atoms with Gasteiger partial charge in [0.1, 0.15) is 5.15 Å². The highest BCUT2D eigenvalue weighted by atomic mass is 79.9. The third-order valence-corrected chi connectivity index (χ3v) is 6.85. The SMILES string of the molecule is C[Si](C)(C)c1sc(Br)nc1Cl. The maximum Gasteiger partial charge on any atom is 0.160 e. The normalized spacial score (nSPS) is 12.1. The maximum absolute atomic E-state index is 5.93. The summed E-state index contributed by atoms with van der Waals surface area (Å²) in [5.74, 6) is 0.